The molecule has 1 unspecified atom stereocenters. The van der Waals surface area contributed by atoms with Gasteiger partial charge in [-0.1, -0.05) is 72.3 Å². The van der Waals surface area contributed by atoms with Crippen molar-refractivity contribution >= 4 is 10.9 Å². The first-order valence-corrected chi connectivity index (χ1v) is 11.4. The monoisotopic (exact) mass is 435 g/mol. The Hall–Kier alpha value is -3.63. The number of imidazole rings is 1. The fraction of sp³-hybridized carbons (Fsp3) is 0.207. The molecule has 0 aliphatic carbocycles. The molecule has 2 aromatic heterocycles. The van der Waals surface area contributed by atoms with Crippen molar-refractivity contribution in [2.24, 2.45) is 0 Å². The van der Waals surface area contributed by atoms with Gasteiger partial charge in [0.05, 0.1) is 36.9 Å². The molecule has 4 nitrogen and oxygen atoms in total. The second-order valence-electron chi connectivity index (χ2n) is 8.82. The average molecular weight is 436 g/mol. The molecule has 33 heavy (non-hydrogen) atoms. The van der Waals surface area contributed by atoms with Gasteiger partial charge in [-0.25, -0.2) is 4.98 Å². The van der Waals surface area contributed by atoms with Gasteiger partial charge in [-0.05, 0) is 38.5 Å². The Balaban J connectivity index is 1.50. The first-order chi connectivity index (χ1) is 16.0. The molecule has 0 saturated carbocycles. The second kappa shape index (κ2) is 8.72. The highest BCUT2D eigenvalue weighted by molar-refractivity contribution is 5.86. The van der Waals surface area contributed by atoms with E-state index in [-0.39, 0.29) is 0 Å². The van der Waals surface area contributed by atoms with E-state index in [0.29, 0.717) is 13.1 Å². The fourth-order valence-corrected chi connectivity index (χ4v) is 4.72. The van der Waals surface area contributed by atoms with Crippen LogP contribution in [-0.4, -0.2) is 25.3 Å². The molecule has 2 heterocycles. The van der Waals surface area contributed by atoms with Crippen molar-refractivity contribution in [2.75, 3.05) is 0 Å². The first kappa shape index (κ1) is 21.2. The van der Waals surface area contributed by atoms with Crippen molar-refractivity contribution < 1.29 is 5.11 Å². The number of fused-ring (bicyclic) bond motifs is 1. The predicted molar refractivity (Wildman–Crippen MR) is 135 cm³/mol. The predicted octanol–water partition coefficient (Wildman–Crippen LogP) is 6.16. The van der Waals surface area contributed by atoms with Crippen LogP contribution in [0.25, 0.3) is 33.4 Å². The van der Waals surface area contributed by atoms with Gasteiger partial charge >= 0.3 is 0 Å². The maximum absolute atomic E-state index is 11.2. The van der Waals surface area contributed by atoms with E-state index in [0.717, 1.165) is 22.5 Å². The fourth-order valence-electron chi connectivity index (χ4n) is 4.72. The van der Waals surface area contributed by atoms with Gasteiger partial charge in [0.2, 0.25) is 0 Å². The summed E-state index contributed by atoms with van der Waals surface area (Å²) in [5, 5.41) is 12.4. The van der Waals surface area contributed by atoms with Crippen molar-refractivity contribution in [1.82, 2.24) is 14.1 Å². The summed E-state index contributed by atoms with van der Waals surface area (Å²) in [4.78, 5) is 4.75. The number of aryl methyl sites for hydroxylation is 2. The summed E-state index contributed by atoms with van der Waals surface area (Å²) >= 11 is 0. The standard InChI is InChI=1S/C29H29N3O/c1-20-14-15-27-26(16-20)21(2)22(3)32(27)18-25(33)17-31-19-30-28(23-10-6-4-7-11-23)29(31)24-12-8-5-9-13-24/h4-16,19,25,33H,17-18H2,1-3H3. The number of benzene rings is 3. The van der Waals surface area contributed by atoms with E-state index in [1.165, 1.54) is 27.7 Å². The lowest BCUT2D eigenvalue weighted by Gasteiger charge is -2.17. The zero-order valence-electron chi connectivity index (χ0n) is 19.4. The van der Waals surface area contributed by atoms with E-state index in [4.69, 9.17) is 4.98 Å². The summed E-state index contributed by atoms with van der Waals surface area (Å²) in [6.45, 7) is 7.42. The molecule has 166 valence electrons. The lowest BCUT2D eigenvalue weighted by atomic mass is 10.0. The second-order valence-corrected chi connectivity index (χ2v) is 8.82. The third kappa shape index (κ3) is 3.98. The topological polar surface area (TPSA) is 43.0 Å². The molecular weight excluding hydrogens is 406 g/mol. The number of aliphatic hydroxyl groups excluding tert-OH is 1. The number of aromatic nitrogens is 3. The van der Waals surface area contributed by atoms with Crippen LogP contribution in [0.15, 0.2) is 85.2 Å². The molecule has 5 aromatic rings. The molecule has 1 atom stereocenters. The van der Waals surface area contributed by atoms with E-state index in [1.54, 1.807) is 0 Å². The molecular formula is C29H29N3O. The van der Waals surface area contributed by atoms with E-state index >= 15 is 0 Å². The average Bonchev–Trinajstić information content (AvgIpc) is 3.35. The number of rotatable bonds is 6. The lowest BCUT2D eigenvalue weighted by molar-refractivity contribution is 0.135. The minimum absolute atomic E-state index is 0.466. The van der Waals surface area contributed by atoms with Crippen molar-refractivity contribution in [1.29, 1.82) is 0 Å². The maximum Gasteiger partial charge on any atom is 0.0963 e. The summed E-state index contributed by atoms with van der Waals surface area (Å²) in [7, 11) is 0. The minimum atomic E-state index is -0.555. The normalized spacial score (nSPS) is 12.4. The van der Waals surface area contributed by atoms with Gasteiger partial charge in [0, 0.05) is 27.7 Å². The molecule has 3 aromatic carbocycles. The minimum Gasteiger partial charge on any atom is -0.389 e. The Labute approximate surface area is 194 Å². The van der Waals surface area contributed by atoms with Crippen LogP contribution in [0.1, 0.15) is 16.8 Å². The molecule has 4 heteroatoms. The van der Waals surface area contributed by atoms with Crippen LogP contribution in [0.4, 0.5) is 0 Å². The van der Waals surface area contributed by atoms with E-state index in [2.05, 4.69) is 72.4 Å². The van der Waals surface area contributed by atoms with Crippen molar-refractivity contribution in [2.45, 2.75) is 40.0 Å². The molecule has 0 saturated heterocycles. The molecule has 0 amide bonds. The van der Waals surface area contributed by atoms with Crippen LogP contribution >= 0.6 is 0 Å². The highest BCUT2D eigenvalue weighted by atomic mass is 16.3. The molecule has 1 N–H and O–H groups in total. The highest BCUT2D eigenvalue weighted by Crippen LogP contribution is 2.32. The number of hydrogen-bond acceptors (Lipinski definition) is 2. The molecule has 5 rings (SSSR count). The Bertz CT molecular complexity index is 1400. The van der Waals surface area contributed by atoms with Gasteiger partial charge in [-0.15, -0.1) is 0 Å². The third-order valence-electron chi connectivity index (χ3n) is 6.53. The molecule has 0 aliphatic rings. The van der Waals surface area contributed by atoms with Crippen molar-refractivity contribution in [3.63, 3.8) is 0 Å². The quantitative estimate of drug-likeness (QED) is 0.347. The maximum atomic E-state index is 11.2. The Morgan fingerprint density at radius 1 is 0.818 bits per heavy atom. The van der Waals surface area contributed by atoms with Gasteiger partial charge < -0.3 is 14.2 Å². The van der Waals surface area contributed by atoms with Crippen LogP contribution in [0.2, 0.25) is 0 Å². The Morgan fingerprint density at radius 3 is 2.18 bits per heavy atom. The van der Waals surface area contributed by atoms with Crippen LogP contribution in [0, 0.1) is 20.8 Å². The Morgan fingerprint density at radius 2 is 1.48 bits per heavy atom. The molecule has 0 bridgehead atoms. The summed E-state index contributed by atoms with van der Waals surface area (Å²) in [5.74, 6) is 0. The zero-order valence-corrected chi connectivity index (χ0v) is 19.4. The summed E-state index contributed by atoms with van der Waals surface area (Å²) in [6.07, 6.45) is 1.30. The number of aliphatic hydroxyl groups is 1. The lowest BCUT2D eigenvalue weighted by Crippen LogP contribution is -2.23. The van der Waals surface area contributed by atoms with Crippen LogP contribution < -0.4 is 0 Å². The SMILES string of the molecule is Cc1ccc2c(c1)c(C)c(C)n2CC(O)Cn1cnc(-c2ccccc2)c1-c1ccccc1. The number of nitrogens with zero attached hydrogens (tertiary/aromatic N) is 3. The van der Waals surface area contributed by atoms with Gasteiger partial charge in [0.1, 0.15) is 0 Å². The summed E-state index contributed by atoms with van der Waals surface area (Å²) in [6, 6.07) is 27.1. The van der Waals surface area contributed by atoms with Crippen molar-refractivity contribution in [3.05, 3.63) is 102 Å². The van der Waals surface area contributed by atoms with Crippen LogP contribution in [0.5, 0.6) is 0 Å². The van der Waals surface area contributed by atoms with Crippen molar-refractivity contribution in [3.8, 4) is 22.5 Å². The molecule has 0 aliphatic heterocycles. The van der Waals surface area contributed by atoms with Crippen LogP contribution in [-0.2, 0) is 13.1 Å². The van der Waals surface area contributed by atoms with E-state index < -0.39 is 6.10 Å². The molecule has 0 fully saturated rings. The largest absolute Gasteiger partial charge is 0.389 e. The van der Waals surface area contributed by atoms with E-state index in [9.17, 15) is 5.11 Å². The first-order valence-electron chi connectivity index (χ1n) is 11.4. The zero-order chi connectivity index (χ0) is 22.9. The smallest absolute Gasteiger partial charge is 0.0963 e. The van der Waals surface area contributed by atoms with E-state index in [1.807, 2.05) is 42.7 Å². The Kier molecular flexibility index (Phi) is 5.61. The summed E-state index contributed by atoms with van der Waals surface area (Å²) < 4.78 is 4.33. The molecule has 0 radical (unpaired) electrons. The highest BCUT2D eigenvalue weighted by Gasteiger charge is 2.19. The van der Waals surface area contributed by atoms with Crippen LogP contribution in [0.3, 0.4) is 0 Å². The van der Waals surface area contributed by atoms with Gasteiger partial charge in [-0.3, -0.25) is 0 Å². The number of hydrogen-bond donors (Lipinski definition) is 1. The van der Waals surface area contributed by atoms with Gasteiger partial charge in [-0.2, -0.15) is 0 Å². The molecule has 0 spiro atoms. The third-order valence-corrected chi connectivity index (χ3v) is 6.53. The van der Waals surface area contributed by atoms with Gasteiger partial charge in [0.25, 0.3) is 0 Å². The summed E-state index contributed by atoms with van der Waals surface area (Å²) in [5.41, 5.74) is 9.03. The van der Waals surface area contributed by atoms with Gasteiger partial charge in [0.15, 0.2) is 0 Å².